The summed E-state index contributed by atoms with van der Waals surface area (Å²) in [6, 6.07) is 8.40. The monoisotopic (exact) mass is 562 g/mol. The van der Waals surface area contributed by atoms with E-state index in [1.54, 1.807) is 0 Å². The van der Waals surface area contributed by atoms with Crippen LogP contribution in [0.15, 0.2) is 30.5 Å². The van der Waals surface area contributed by atoms with E-state index >= 15 is 0 Å². The number of likely N-dealkylation sites (tertiary alicyclic amines) is 2. The topological polar surface area (TPSA) is 87.9 Å². The molecule has 1 spiro atoms. The fourth-order valence-corrected chi connectivity index (χ4v) is 6.51. The molecule has 0 atom stereocenters. The van der Waals surface area contributed by atoms with Gasteiger partial charge < -0.3 is 19.6 Å². The molecule has 0 radical (unpaired) electrons. The average Bonchev–Trinajstić information content (AvgIpc) is 3.71. The number of carbonyl (C=O) groups is 2. The smallest absolute Gasteiger partial charge is 0.482 e. The van der Waals surface area contributed by atoms with Crippen LogP contribution in [0.3, 0.4) is 0 Å². The highest BCUT2D eigenvalue weighted by atomic mass is 19.4. The van der Waals surface area contributed by atoms with Crippen molar-refractivity contribution in [1.82, 2.24) is 19.6 Å². The normalized spacial score (nSPS) is 20.4. The van der Waals surface area contributed by atoms with Gasteiger partial charge >= 0.3 is 12.1 Å². The quantitative estimate of drug-likeness (QED) is 0.548. The summed E-state index contributed by atoms with van der Waals surface area (Å²) in [5, 5.41) is 12.0. The number of carboxylic acid groups (broad SMARTS) is 1. The van der Waals surface area contributed by atoms with Crippen LogP contribution in [0.4, 0.5) is 13.2 Å². The van der Waals surface area contributed by atoms with E-state index < -0.39 is 12.1 Å². The van der Waals surface area contributed by atoms with E-state index in [9.17, 15) is 18.0 Å². The number of halogens is 3. The van der Waals surface area contributed by atoms with Crippen molar-refractivity contribution in [3.8, 4) is 17.0 Å². The lowest BCUT2D eigenvalue weighted by Crippen LogP contribution is -2.49. The number of ether oxygens (including phenoxy) is 1. The standard InChI is InChI=1S/C27H36N4O2.C2HF3O2/c32-25(19-21-7-1-2-8-21)30-15-11-27(12-16-30)23-20-28-31(18-17-29-13-5-6-14-29)26(23)22-9-3-4-10-24(22)33-27;3-2(4,5)1(6)7/h3-4,9-10,20-21H,1-2,5-8,11-19H2;(H,6,7). The first kappa shape index (κ1) is 28.4. The molecule has 8 nitrogen and oxygen atoms in total. The molecule has 0 bridgehead atoms. The zero-order chi connectivity index (χ0) is 28.3. The lowest BCUT2D eigenvalue weighted by atomic mass is 9.81. The molecule has 3 aliphatic heterocycles. The summed E-state index contributed by atoms with van der Waals surface area (Å²) in [7, 11) is 0. The molecule has 1 N–H and O–H groups in total. The van der Waals surface area contributed by atoms with Gasteiger partial charge in [0.05, 0.1) is 18.4 Å². The van der Waals surface area contributed by atoms with Crippen LogP contribution in [0.2, 0.25) is 0 Å². The van der Waals surface area contributed by atoms with Crippen LogP contribution in [0.5, 0.6) is 5.75 Å². The van der Waals surface area contributed by atoms with E-state index in [1.165, 1.54) is 62.9 Å². The van der Waals surface area contributed by atoms with Crippen molar-refractivity contribution >= 4 is 11.9 Å². The van der Waals surface area contributed by atoms with Crippen molar-refractivity contribution in [3.05, 3.63) is 36.0 Å². The molecule has 0 unspecified atom stereocenters. The molecule has 3 fully saturated rings. The molecule has 4 aliphatic rings. The summed E-state index contributed by atoms with van der Waals surface area (Å²) >= 11 is 0. The van der Waals surface area contributed by atoms with Crippen molar-refractivity contribution in [2.24, 2.45) is 5.92 Å². The van der Waals surface area contributed by atoms with Gasteiger partial charge in [-0.25, -0.2) is 4.79 Å². The number of benzene rings is 1. The Bertz CT molecular complexity index is 1190. The first-order valence-corrected chi connectivity index (χ1v) is 14.3. The Morgan fingerprint density at radius 2 is 1.65 bits per heavy atom. The molecule has 1 aliphatic carbocycles. The fourth-order valence-electron chi connectivity index (χ4n) is 6.51. The average molecular weight is 563 g/mol. The molecule has 2 aromatic rings. The van der Waals surface area contributed by atoms with Gasteiger partial charge in [0.2, 0.25) is 5.91 Å². The molecular formula is C29H37F3N4O4. The molecular weight excluding hydrogens is 525 g/mol. The minimum Gasteiger partial charge on any atom is -0.482 e. The summed E-state index contributed by atoms with van der Waals surface area (Å²) in [6.07, 6.45) is 7.02. The maximum absolute atomic E-state index is 12.9. The fraction of sp³-hybridized carbons (Fsp3) is 0.621. The summed E-state index contributed by atoms with van der Waals surface area (Å²) in [5.41, 5.74) is 3.21. The van der Waals surface area contributed by atoms with Crippen LogP contribution in [-0.2, 0) is 21.7 Å². The van der Waals surface area contributed by atoms with Crippen LogP contribution in [-0.4, -0.2) is 75.5 Å². The third-order valence-electron chi connectivity index (χ3n) is 8.71. The van der Waals surface area contributed by atoms with Gasteiger partial charge in [0.1, 0.15) is 11.4 Å². The molecule has 1 aromatic heterocycles. The number of alkyl halides is 3. The van der Waals surface area contributed by atoms with E-state index in [1.807, 2.05) is 6.20 Å². The zero-order valence-corrected chi connectivity index (χ0v) is 22.7. The second-order valence-corrected chi connectivity index (χ2v) is 11.3. The summed E-state index contributed by atoms with van der Waals surface area (Å²) in [6.45, 7) is 5.91. The summed E-state index contributed by atoms with van der Waals surface area (Å²) in [5.74, 6) is -0.854. The first-order valence-electron chi connectivity index (χ1n) is 14.3. The van der Waals surface area contributed by atoms with Gasteiger partial charge in [-0.2, -0.15) is 18.3 Å². The first-order chi connectivity index (χ1) is 19.2. The lowest BCUT2D eigenvalue weighted by molar-refractivity contribution is -0.192. The second kappa shape index (κ2) is 11.8. The largest absolute Gasteiger partial charge is 0.490 e. The SMILES string of the molecule is O=C(CC1CCCC1)N1CCC2(CC1)Oc1ccccc1-c1c2cnn1CCN1CCCC1.O=C(O)C(F)(F)F. The molecule has 218 valence electrons. The van der Waals surface area contributed by atoms with Crippen molar-refractivity contribution in [1.29, 1.82) is 0 Å². The Morgan fingerprint density at radius 3 is 2.30 bits per heavy atom. The third kappa shape index (κ3) is 6.14. The number of carbonyl (C=O) groups excluding carboxylic acids is 1. The molecule has 6 rings (SSSR count). The molecule has 4 heterocycles. The molecule has 11 heteroatoms. The number of fused-ring (bicyclic) bond motifs is 4. The van der Waals surface area contributed by atoms with Crippen LogP contribution in [0.25, 0.3) is 11.3 Å². The van der Waals surface area contributed by atoms with Crippen molar-refractivity contribution in [3.63, 3.8) is 0 Å². The van der Waals surface area contributed by atoms with Crippen molar-refractivity contribution < 1.29 is 32.6 Å². The Morgan fingerprint density at radius 1 is 1.00 bits per heavy atom. The Hall–Kier alpha value is -3.08. The third-order valence-corrected chi connectivity index (χ3v) is 8.71. The Labute approximate surface area is 232 Å². The number of nitrogens with zero attached hydrogens (tertiary/aromatic N) is 4. The second-order valence-electron chi connectivity index (χ2n) is 11.3. The van der Waals surface area contributed by atoms with Crippen molar-refractivity contribution in [2.45, 2.75) is 76.1 Å². The summed E-state index contributed by atoms with van der Waals surface area (Å²) < 4.78 is 40.7. The van der Waals surface area contributed by atoms with Gasteiger partial charge in [0.25, 0.3) is 0 Å². The number of carboxylic acids is 1. The number of amides is 1. The molecule has 1 aromatic carbocycles. The molecule has 1 amide bonds. The van der Waals surface area contributed by atoms with Gasteiger partial charge in [0, 0.05) is 50.0 Å². The number of aliphatic carboxylic acids is 1. The van der Waals surface area contributed by atoms with E-state index in [-0.39, 0.29) is 5.60 Å². The van der Waals surface area contributed by atoms with Gasteiger partial charge in [-0.05, 0) is 56.8 Å². The number of hydrogen-bond donors (Lipinski definition) is 1. The van der Waals surface area contributed by atoms with E-state index in [4.69, 9.17) is 19.7 Å². The van der Waals surface area contributed by atoms with Crippen molar-refractivity contribution in [2.75, 3.05) is 32.7 Å². The van der Waals surface area contributed by atoms with E-state index in [2.05, 4.69) is 38.7 Å². The predicted octanol–water partition coefficient (Wildman–Crippen LogP) is 5.07. The van der Waals surface area contributed by atoms with Crippen LogP contribution in [0, 0.1) is 5.92 Å². The molecule has 1 saturated carbocycles. The predicted molar refractivity (Wildman–Crippen MR) is 142 cm³/mol. The van der Waals surface area contributed by atoms with Crippen LogP contribution < -0.4 is 4.74 Å². The Balaban J connectivity index is 0.000000411. The highest BCUT2D eigenvalue weighted by molar-refractivity contribution is 5.77. The highest BCUT2D eigenvalue weighted by Gasteiger charge is 2.46. The summed E-state index contributed by atoms with van der Waals surface area (Å²) in [4.78, 5) is 26.5. The van der Waals surface area contributed by atoms with Crippen LogP contribution >= 0.6 is 0 Å². The molecule has 40 heavy (non-hydrogen) atoms. The zero-order valence-electron chi connectivity index (χ0n) is 22.7. The highest BCUT2D eigenvalue weighted by Crippen LogP contribution is 2.49. The van der Waals surface area contributed by atoms with Gasteiger partial charge in [-0.3, -0.25) is 9.48 Å². The van der Waals surface area contributed by atoms with Gasteiger partial charge in [-0.15, -0.1) is 0 Å². The maximum atomic E-state index is 12.9. The van der Waals surface area contributed by atoms with Crippen LogP contribution in [0.1, 0.15) is 63.4 Å². The maximum Gasteiger partial charge on any atom is 0.490 e. The number of aromatic nitrogens is 2. The number of hydrogen-bond acceptors (Lipinski definition) is 5. The lowest BCUT2D eigenvalue weighted by Gasteiger charge is -2.44. The Kier molecular flexibility index (Phi) is 8.39. The molecule has 2 saturated heterocycles. The van der Waals surface area contributed by atoms with Gasteiger partial charge in [0.15, 0.2) is 0 Å². The minimum atomic E-state index is -5.08. The number of rotatable bonds is 5. The van der Waals surface area contributed by atoms with E-state index in [0.29, 0.717) is 11.8 Å². The van der Waals surface area contributed by atoms with E-state index in [0.717, 1.165) is 56.8 Å². The number of piperidine rings is 1. The minimum absolute atomic E-state index is 0.342. The number of para-hydroxylation sites is 1. The van der Waals surface area contributed by atoms with Gasteiger partial charge in [-0.1, -0.05) is 25.0 Å².